The Labute approximate surface area is 116 Å². The molecule has 7 nitrogen and oxygen atoms in total. The van der Waals surface area contributed by atoms with Crippen molar-refractivity contribution in [2.24, 2.45) is 0 Å². The zero-order valence-electron chi connectivity index (χ0n) is 10.9. The van der Waals surface area contributed by atoms with E-state index in [9.17, 15) is 4.79 Å². The number of nitrogens with one attached hydrogen (secondary N) is 1. The van der Waals surface area contributed by atoms with E-state index < -0.39 is 0 Å². The highest BCUT2D eigenvalue weighted by molar-refractivity contribution is 6.28. The summed E-state index contributed by atoms with van der Waals surface area (Å²) in [6, 6.07) is 0.423. The van der Waals surface area contributed by atoms with Crippen LogP contribution in [0.2, 0.25) is 5.28 Å². The first kappa shape index (κ1) is 13.8. The molecular weight excluding hydrogens is 270 g/mol. The molecule has 1 aliphatic rings. The van der Waals surface area contributed by atoms with Crippen molar-refractivity contribution in [2.75, 3.05) is 25.1 Å². The number of nitrogens with zero attached hydrogens (tertiary/aromatic N) is 4. The number of hydrogen-bond acceptors (Lipinski definition) is 6. The molecule has 0 radical (unpaired) electrons. The molecule has 0 saturated carbocycles. The molecule has 1 aliphatic heterocycles. The molecule has 0 aromatic carbocycles. The van der Waals surface area contributed by atoms with E-state index in [-0.39, 0.29) is 23.2 Å². The normalized spacial score (nSPS) is 16.3. The Balaban J connectivity index is 2.01. The van der Waals surface area contributed by atoms with Crippen LogP contribution in [-0.4, -0.2) is 47.1 Å². The molecule has 1 N–H and O–H groups in total. The van der Waals surface area contributed by atoms with Crippen LogP contribution in [0.4, 0.5) is 5.95 Å². The molecule has 8 heteroatoms. The minimum Gasteiger partial charge on any atom is -0.467 e. The Hall–Kier alpha value is -1.63. The Morgan fingerprint density at radius 2 is 2.05 bits per heavy atom. The predicted octanol–water partition coefficient (Wildman–Crippen LogP) is 0.638. The van der Waals surface area contributed by atoms with Gasteiger partial charge in [-0.25, -0.2) is 0 Å². The average Bonchev–Trinajstić information content (AvgIpc) is 2.38. The first-order valence-corrected chi connectivity index (χ1v) is 6.44. The van der Waals surface area contributed by atoms with Crippen molar-refractivity contribution in [3.63, 3.8) is 0 Å². The van der Waals surface area contributed by atoms with E-state index in [1.165, 1.54) is 14.0 Å². The molecule has 2 heterocycles. The topological polar surface area (TPSA) is 80.2 Å². The zero-order chi connectivity index (χ0) is 13.8. The van der Waals surface area contributed by atoms with Crippen LogP contribution in [0.5, 0.6) is 6.01 Å². The van der Waals surface area contributed by atoms with Crippen molar-refractivity contribution in [3.05, 3.63) is 5.28 Å². The monoisotopic (exact) mass is 285 g/mol. The van der Waals surface area contributed by atoms with E-state index in [2.05, 4.69) is 20.3 Å². The van der Waals surface area contributed by atoms with Gasteiger partial charge in [0, 0.05) is 26.1 Å². The lowest BCUT2D eigenvalue weighted by Gasteiger charge is -2.32. The summed E-state index contributed by atoms with van der Waals surface area (Å²) in [5.41, 5.74) is 0. The van der Waals surface area contributed by atoms with Crippen LogP contribution in [0.25, 0.3) is 0 Å². The Morgan fingerprint density at radius 1 is 1.37 bits per heavy atom. The van der Waals surface area contributed by atoms with Crippen LogP contribution >= 0.6 is 11.6 Å². The van der Waals surface area contributed by atoms with E-state index >= 15 is 0 Å². The van der Waals surface area contributed by atoms with Crippen molar-refractivity contribution >= 4 is 23.5 Å². The van der Waals surface area contributed by atoms with Crippen molar-refractivity contribution in [2.45, 2.75) is 25.8 Å². The second kappa shape index (κ2) is 6.01. The molecule has 1 aromatic heterocycles. The number of amides is 1. The number of carbonyl (C=O) groups is 1. The average molecular weight is 286 g/mol. The third-order valence-electron chi connectivity index (χ3n) is 2.94. The molecule has 1 amide bonds. The van der Waals surface area contributed by atoms with Gasteiger partial charge in [-0.05, 0) is 24.4 Å². The number of aromatic nitrogens is 3. The summed E-state index contributed by atoms with van der Waals surface area (Å²) in [6.07, 6.45) is 1.70. The molecular formula is C11H16ClN5O2. The van der Waals surface area contributed by atoms with E-state index in [0.29, 0.717) is 5.95 Å². The van der Waals surface area contributed by atoms with Gasteiger partial charge in [0.25, 0.3) is 0 Å². The second-order valence-corrected chi connectivity index (χ2v) is 4.69. The number of anilines is 1. The molecule has 104 valence electrons. The SMILES string of the molecule is COc1nc(Cl)nc(N2CCC(NC(C)=O)CC2)n1. The van der Waals surface area contributed by atoms with E-state index in [1.807, 2.05) is 4.90 Å². The van der Waals surface area contributed by atoms with E-state index in [0.717, 1.165) is 25.9 Å². The first-order valence-electron chi connectivity index (χ1n) is 6.06. The van der Waals surface area contributed by atoms with E-state index in [1.54, 1.807) is 0 Å². The number of hydrogen-bond donors (Lipinski definition) is 1. The molecule has 0 spiro atoms. The third-order valence-corrected chi connectivity index (χ3v) is 3.11. The fourth-order valence-electron chi connectivity index (χ4n) is 2.07. The highest BCUT2D eigenvalue weighted by atomic mass is 35.5. The van der Waals surface area contributed by atoms with Crippen molar-refractivity contribution < 1.29 is 9.53 Å². The minimum atomic E-state index is 0.00308. The van der Waals surface area contributed by atoms with Crippen LogP contribution in [0.3, 0.4) is 0 Å². The van der Waals surface area contributed by atoms with Crippen LogP contribution < -0.4 is 15.0 Å². The fraction of sp³-hybridized carbons (Fsp3) is 0.636. The maximum absolute atomic E-state index is 11.0. The minimum absolute atomic E-state index is 0.00308. The largest absolute Gasteiger partial charge is 0.467 e. The maximum Gasteiger partial charge on any atom is 0.322 e. The molecule has 0 aliphatic carbocycles. The van der Waals surface area contributed by atoms with Gasteiger partial charge in [-0.3, -0.25) is 4.79 Å². The molecule has 1 saturated heterocycles. The number of rotatable bonds is 3. The molecule has 0 atom stereocenters. The summed E-state index contributed by atoms with van der Waals surface area (Å²) in [6.45, 7) is 3.05. The molecule has 1 fully saturated rings. The van der Waals surface area contributed by atoms with E-state index in [4.69, 9.17) is 16.3 Å². The molecule has 0 unspecified atom stereocenters. The van der Waals surface area contributed by atoms with Crippen LogP contribution in [0.1, 0.15) is 19.8 Å². The third kappa shape index (κ3) is 3.66. The van der Waals surface area contributed by atoms with Gasteiger partial charge in [0.05, 0.1) is 7.11 Å². The van der Waals surface area contributed by atoms with Crippen LogP contribution in [-0.2, 0) is 4.79 Å². The summed E-state index contributed by atoms with van der Waals surface area (Å²) >= 11 is 5.82. The maximum atomic E-state index is 11.0. The standard InChI is InChI=1S/C11H16ClN5O2/c1-7(18)13-8-3-5-17(6-4-8)10-14-9(12)15-11(16-10)19-2/h8H,3-6H2,1-2H3,(H,13,18). The lowest BCUT2D eigenvalue weighted by molar-refractivity contribution is -0.119. The zero-order valence-corrected chi connectivity index (χ0v) is 11.6. The summed E-state index contributed by atoms with van der Waals surface area (Å²) in [4.78, 5) is 25.1. The highest BCUT2D eigenvalue weighted by Crippen LogP contribution is 2.19. The first-order chi connectivity index (χ1) is 9.08. The number of methoxy groups -OCH3 is 1. The van der Waals surface area contributed by atoms with Gasteiger partial charge in [0.15, 0.2) is 0 Å². The van der Waals surface area contributed by atoms with Crippen molar-refractivity contribution in [1.82, 2.24) is 20.3 Å². The predicted molar refractivity (Wildman–Crippen MR) is 70.4 cm³/mol. The van der Waals surface area contributed by atoms with Crippen molar-refractivity contribution in [1.29, 1.82) is 0 Å². The molecule has 1 aromatic rings. The van der Waals surface area contributed by atoms with Gasteiger partial charge in [-0.1, -0.05) is 0 Å². The second-order valence-electron chi connectivity index (χ2n) is 4.35. The van der Waals surface area contributed by atoms with Gasteiger partial charge in [0.1, 0.15) is 0 Å². The molecule has 0 bridgehead atoms. The van der Waals surface area contributed by atoms with Gasteiger partial charge in [0.2, 0.25) is 17.1 Å². The molecule has 2 rings (SSSR count). The summed E-state index contributed by atoms with van der Waals surface area (Å²) in [5.74, 6) is 0.515. The van der Waals surface area contributed by atoms with Gasteiger partial charge in [-0.15, -0.1) is 0 Å². The number of ether oxygens (including phenoxy) is 1. The van der Waals surface area contributed by atoms with Gasteiger partial charge < -0.3 is 15.0 Å². The molecule has 19 heavy (non-hydrogen) atoms. The van der Waals surface area contributed by atoms with Crippen LogP contribution in [0.15, 0.2) is 0 Å². The summed E-state index contributed by atoms with van der Waals surface area (Å²) in [5, 5.41) is 3.03. The lowest BCUT2D eigenvalue weighted by Crippen LogP contribution is -2.44. The van der Waals surface area contributed by atoms with Gasteiger partial charge >= 0.3 is 6.01 Å². The lowest BCUT2D eigenvalue weighted by atomic mass is 10.1. The Morgan fingerprint density at radius 3 is 2.63 bits per heavy atom. The highest BCUT2D eigenvalue weighted by Gasteiger charge is 2.22. The number of carbonyl (C=O) groups excluding carboxylic acids is 1. The van der Waals surface area contributed by atoms with Crippen LogP contribution in [0, 0.1) is 0 Å². The van der Waals surface area contributed by atoms with Crippen molar-refractivity contribution in [3.8, 4) is 6.01 Å². The number of halogens is 1. The fourth-order valence-corrected chi connectivity index (χ4v) is 2.21. The summed E-state index contributed by atoms with van der Waals surface area (Å²) < 4.78 is 4.97. The quantitative estimate of drug-likeness (QED) is 0.878. The smallest absolute Gasteiger partial charge is 0.322 e. The Kier molecular flexibility index (Phi) is 4.36. The Bertz CT molecular complexity index is 462. The van der Waals surface area contributed by atoms with Gasteiger partial charge in [-0.2, -0.15) is 15.0 Å². The summed E-state index contributed by atoms with van der Waals surface area (Å²) in [7, 11) is 1.48. The number of piperidine rings is 1.